The van der Waals surface area contributed by atoms with Crippen molar-refractivity contribution in [3.05, 3.63) is 89.3 Å². The third-order valence-electron chi connectivity index (χ3n) is 8.20. The van der Waals surface area contributed by atoms with Crippen LogP contribution in [0, 0.1) is 0 Å². The number of rotatable bonds is 6. The topological polar surface area (TPSA) is 106 Å². The van der Waals surface area contributed by atoms with Crippen LogP contribution in [0.2, 0.25) is 0 Å². The summed E-state index contributed by atoms with van der Waals surface area (Å²) in [4.78, 5) is 17.7. The molecule has 0 bridgehead atoms. The number of fused-ring (bicyclic) bond motifs is 1. The molecule has 1 fully saturated rings. The van der Waals surface area contributed by atoms with Crippen molar-refractivity contribution >= 4 is 5.97 Å². The summed E-state index contributed by atoms with van der Waals surface area (Å²) in [7, 11) is 3.24. The fourth-order valence-corrected chi connectivity index (χ4v) is 6.07. The lowest BCUT2D eigenvalue weighted by atomic mass is 9.90. The molecular formula is C30H30N8O2. The number of hydrogen-bond donors (Lipinski definition) is 0. The molecule has 2 aliphatic carbocycles. The predicted molar refractivity (Wildman–Crippen MR) is 148 cm³/mol. The molecule has 7 rings (SSSR count). The number of benzene rings is 1. The van der Waals surface area contributed by atoms with Gasteiger partial charge in [0.05, 0.1) is 48.0 Å². The van der Waals surface area contributed by atoms with E-state index in [2.05, 4.69) is 52.1 Å². The van der Waals surface area contributed by atoms with Crippen molar-refractivity contribution < 1.29 is 9.53 Å². The normalized spacial score (nSPS) is 19.0. The number of esters is 1. The summed E-state index contributed by atoms with van der Waals surface area (Å²) in [6.07, 6.45) is 8.53. The smallest absolute Gasteiger partial charge is 0.341 e. The molecule has 0 spiro atoms. The highest BCUT2D eigenvalue weighted by molar-refractivity contribution is 5.91. The van der Waals surface area contributed by atoms with Gasteiger partial charge in [-0.3, -0.25) is 4.68 Å². The Morgan fingerprint density at radius 3 is 2.67 bits per heavy atom. The second kappa shape index (κ2) is 8.97. The first-order valence-corrected chi connectivity index (χ1v) is 13.5. The van der Waals surface area contributed by atoms with E-state index in [1.54, 1.807) is 15.6 Å². The van der Waals surface area contributed by atoms with Crippen LogP contribution in [0.3, 0.4) is 0 Å². The third kappa shape index (κ3) is 3.93. The second-order valence-corrected chi connectivity index (χ2v) is 11.4. The third-order valence-corrected chi connectivity index (χ3v) is 8.20. The minimum atomic E-state index is -0.412. The van der Waals surface area contributed by atoms with Crippen LogP contribution in [0.15, 0.2) is 61.1 Å². The standard InChI is InChI=1S/C30H30N8O2/c1-30(2)12-11-19-15-31-37(28(19)30)20-8-5-7-18(13-20)24-9-6-10-26(33-24)38-27(23(16-32-38)29(39)40-4)22-14-21(22)25-17-36(3)35-34-25/h5-10,13,15-17,21-22H,11-12,14H2,1-4H3/t21-,22-/m1/s1. The maximum Gasteiger partial charge on any atom is 0.341 e. The molecule has 4 heterocycles. The van der Waals surface area contributed by atoms with Gasteiger partial charge in [-0.15, -0.1) is 5.10 Å². The molecule has 40 heavy (non-hydrogen) atoms. The summed E-state index contributed by atoms with van der Waals surface area (Å²) in [6.45, 7) is 4.57. The first-order valence-electron chi connectivity index (χ1n) is 13.5. The molecule has 1 saturated carbocycles. The van der Waals surface area contributed by atoms with Crippen LogP contribution >= 0.6 is 0 Å². The van der Waals surface area contributed by atoms with Gasteiger partial charge in [0.1, 0.15) is 5.56 Å². The van der Waals surface area contributed by atoms with E-state index in [0.29, 0.717) is 11.4 Å². The zero-order chi connectivity index (χ0) is 27.6. The number of carbonyl (C=O) groups excluding carboxylic acids is 1. The molecule has 4 aromatic heterocycles. The van der Waals surface area contributed by atoms with E-state index in [4.69, 9.17) is 14.8 Å². The van der Waals surface area contributed by atoms with Crippen molar-refractivity contribution in [2.75, 3.05) is 7.11 Å². The summed E-state index contributed by atoms with van der Waals surface area (Å²) in [5.41, 5.74) is 7.63. The summed E-state index contributed by atoms with van der Waals surface area (Å²) in [5, 5.41) is 17.7. The van der Waals surface area contributed by atoms with Gasteiger partial charge >= 0.3 is 5.97 Å². The largest absolute Gasteiger partial charge is 0.465 e. The fraction of sp³-hybridized carbons (Fsp3) is 0.333. The van der Waals surface area contributed by atoms with Gasteiger partial charge in [0.15, 0.2) is 5.82 Å². The number of aryl methyl sites for hydroxylation is 2. The van der Waals surface area contributed by atoms with Crippen molar-refractivity contribution in [1.82, 2.24) is 39.5 Å². The molecule has 0 saturated heterocycles. The number of nitrogens with zero attached hydrogens (tertiary/aromatic N) is 8. The van der Waals surface area contributed by atoms with Crippen molar-refractivity contribution in [3.8, 4) is 22.8 Å². The number of aromatic nitrogens is 8. The molecule has 10 nitrogen and oxygen atoms in total. The lowest BCUT2D eigenvalue weighted by molar-refractivity contribution is 0.0599. The van der Waals surface area contributed by atoms with Crippen LogP contribution in [-0.2, 0) is 23.6 Å². The first kappa shape index (κ1) is 24.4. The summed E-state index contributed by atoms with van der Waals surface area (Å²) in [5.74, 6) is 0.448. The zero-order valence-corrected chi connectivity index (χ0v) is 22.9. The van der Waals surface area contributed by atoms with E-state index >= 15 is 0 Å². The Morgan fingerprint density at radius 1 is 1.05 bits per heavy atom. The number of carbonyl (C=O) groups is 1. The maximum absolute atomic E-state index is 12.7. The van der Waals surface area contributed by atoms with Gasteiger partial charge in [0.25, 0.3) is 0 Å². The molecule has 5 aromatic rings. The average molecular weight is 535 g/mol. The van der Waals surface area contributed by atoms with Crippen LogP contribution in [0.4, 0.5) is 0 Å². The Labute approximate surface area is 231 Å². The van der Waals surface area contributed by atoms with Gasteiger partial charge in [-0.2, -0.15) is 10.2 Å². The number of methoxy groups -OCH3 is 1. The molecule has 202 valence electrons. The van der Waals surface area contributed by atoms with Crippen molar-refractivity contribution in [2.24, 2.45) is 7.05 Å². The number of ether oxygens (including phenoxy) is 1. The average Bonchev–Trinajstić information content (AvgIpc) is 3.33. The molecule has 10 heteroatoms. The van der Waals surface area contributed by atoms with E-state index in [9.17, 15) is 4.79 Å². The van der Waals surface area contributed by atoms with Gasteiger partial charge < -0.3 is 4.74 Å². The minimum absolute atomic E-state index is 0.0624. The molecule has 1 aromatic carbocycles. The number of hydrogen-bond acceptors (Lipinski definition) is 7. The van der Waals surface area contributed by atoms with E-state index < -0.39 is 5.97 Å². The Kier molecular flexibility index (Phi) is 5.48. The van der Waals surface area contributed by atoms with E-state index in [-0.39, 0.29) is 17.3 Å². The SMILES string of the molecule is COC(=O)c1cnn(-c2cccc(-c3cccc(-n4ncc5c4C(C)(C)CC5)c3)n2)c1[C@@H]1C[C@H]1c1cn(C)nn1. The zero-order valence-electron chi connectivity index (χ0n) is 22.9. The number of pyridine rings is 1. The molecule has 0 amide bonds. The molecule has 2 atom stereocenters. The Hall–Kier alpha value is -4.60. The fourth-order valence-electron chi connectivity index (χ4n) is 6.07. The second-order valence-electron chi connectivity index (χ2n) is 11.4. The molecule has 2 aliphatic rings. The van der Waals surface area contributed by atoms with Crippen LogP contribution < -0.4 is 0 Å². The summed E-state index contributed by atoms with van der Waals surface area (Å²) in [6, 6.07) is 14.2. The lowest BCUT2D eigenvalue weighted by Gasteiger charge is -2.21. The highest BCUT2D eigenvalue weighted by Crippen LogP contribution is 2.55. The van der Waals surface area contributed by atoms with Crippen molar-refractivity contribution in [3.63, 3.8) is 0 Å². The monoisotopic (exact) mass is 534 g/mol. The molecule has 0 radical (unpaired) electrons. The van der Waals surface area contributed by atoms with Crippen molar-refractivity contribution in [1.29, 1.82) is 0 Å². The van der Waals surface area contributed by atoms with Gasteiger partial charge in [0.2, 0.25) is 0 Å². The van der Waals surface area contributed by atoms with Crippen LogP contribution in [0.25, 0.3) is 22.8 Å². The molecule has 0 aliphatic heterocycles. The summed E-state index contributed by atoms with van der Waals surface area (Å²) >= 11 is 0. The van der Waals surface area contributed by atoms with Gasteiger partial charge in [0, 0.05) is 36.1 Å². The molecule has 0 unspecified atom stereocenters. The van der Waals surface area contributed by atoms with Crippen LogP contribution in [0.1, 0.15) is 71.5 Å². The lowest BCUT2D eigenvalue weighted by Crippen LogP contribution is -2.18. The quantitative estimate of drug-likeness (QED) is 0.295. The maximum atomic E-state index is 12.7. The van der Waals surface area contributed by atoms with E-state index in [0.717, 1.165) is 47.6 Å². The Bertz CT molecular complexity index is 1760. The van der Waals surface area contributed by atoms with Crippen LogP contribution in [0.5, 0.6) is 0 Å². The minimum Gasteiger partial charge on any atom is -0.465 e. The van der Waals surface area contributed by atoms with Crippen LogP contribution in [-0.4, -0.2) is 52.6 Å². The van der Waals surface area contributed by atoms with Crippen molar-refractivity contribution in [2.45, 2.75) is 50.4 Å². The van der Waals surface area contributed by atoms with Gasteiger partial charge in [-0.05, 0) is 49.1 Å². The van der Waals surface area contributed by atoms with E-state index in [1.165, 1.54) is 18.4 Å². The molecular weight excluding hydrogens is 504 g/mol. The predicted octanol–water partition coefficient (Wildman–Crippen LogP) is 4.53. The van der Waals surface area contributed by atoms with Gasteiger partial charge in [-0.25, -0.2) is 19.1 Å². The summed E-state index contributed by atoms with van der Waals surface area (Å²) < 4.78 is 10.6. The highest BCUT2D eigenvalue weighted by atomic mass is 16.5. The Morgan fingerprint density at radius 2 is 1.88 bits per heavy atom. The van der Waals surface area contributed by atoms with E-state index in [1.807, 2.05) is 43.7 Å². The molecule has 0 N–H and O–H groups in total. The Balaban J connectivity index is 1.26. The van der Waals surface area contributed by atoms with Gasteiger partial charge in [-0.1, -0.05) is 37.3 Å². The first-order chi connectivity index (χ1) is 19.3. The highest BCUT2D eigenvalue weighted by Gasteiger charge is 2.46.